The number of nitro benzene ring substituents is 1. The van der Waals surface area contributed by atoms with E-state index in [1.165, 1.54) is 12.3 Å². The van der Waals surface area contributed by atoms with E-state index in [0.717, 1.165) is 12.1 Å². The first-order chi connectivity index (χ1) is 10.4. The number of anilines is 1. The lowest BCUT2D eigenvalue weighted by Gasteiger charge is -2.04. The van der Waals surface area contributed by atoms with Crippen molar-refractivity contribution in [3.05, 3.63) is 58.4 Å². The fourth-order valence-corrected chi connectivity index (χ4v) is 2.10. The van der Waals surface area contributed by atoms with Gasteiger partial charge in [-0.05, 0) is 18.2 Å². The van der Waals surface area contributed by atoms with E-state index < -0.39 is 20.6 Å². The Hall–Kier alpha value is -2.85. The molecule has 0 saturated heterocycles. The van der Waals surface area contributed by atoms with Gasteiger partial charge < -0.3 is 0 Å². The number of nitrogens with two attached hydrogens (primary N) is 1. The molecule has 22 heavy (non-hydrogen) atoms. The van der Waals surface area contributed by atoms with Crippen LogP contribution in [0.25, 0.3) is 0 Å². The quantitative estimate of drug-likeness (QED) is 0.479. The second-order valence-corrected chi connectivity index (χ2v) is 5.70. The second-order valence-electron chi connectivity index (χ2n) is 4.14. The maximum atomic E-state index is 11.2. The molecule has 0 aliphatic carbocycles. The summed E-state index contributed by atoms with van der Waals surface area (Å²) < 4.78 is 22.4. The van der Waals surface area contributed by atoms with Crippen molar-refractivity contribution in [2.75, 3.05) is 5.43 Å². The van der Waals surface area contributed by atoms with Crippen molar-refractivity contribution in [2.24, 2.45) is 10.2 Å². The van der Waals surface area contributed by atoms with Gasteiger partial charge in [0.15, 0.2) is 0 Å². The summed E-state index contributed by atoms with van der Waals surface area (Å²) in [5.41, 5.74) is 2.77. The molecular formula is C12H11N5O4S. The summed E-state index contributed by atoms with van der Waals surface area (Å²) in [7, 11) is -4.02. The van der Waals surface area contributed by atoms with Crippen molar-refractivity contribution in [1.29, 1.82) is 0 Å². The minimum absolute atomic E-state index is 0.0394. The summed E-state index contributed by atoms with van der Waals surface area (Å²) in [6.45, 7) is 0. The number of nitrogens with zero attached hydrogens (tertiary/aromatic N) is 3. The Kier molecular flexibility index (Phi) is 4.44. The van der Waals surface area contributed by atoms with Gasteiger partial charge in [0.2, 0.25) is 10.0 Å². The molecule has 9 nitrogen and oxygen atoms in total. The number of sulfonamides is 1. The van der Waals surface area contributed by atoms with Crippen molar-refractivity contribution in [3.8, 4) is 0 Å². The first-order valence-corrected chi connectivity index (χ1v) is 7.43. The predicted molar refractivity (Wildman–Crippen MR) is 79.9 cm³/mol. The number of aromatic nitrogens is 1. The number of primary sulfonamides is 1. The smallest absolute Gasteiger partial charge is 0.272 e. The van der Waals surface area contributed by atoms with Gasteiger partial charge in [0.25, 0.3) is 5.69 Å². The number of hydrazone groups is 1. The Morgan fingerprint density at radius 2 is 2.14 bits per heavy atom. The van der Waals surface area contributed by atoms with Crippen LogP contribution >= 0.6 is 0 Å². The monoisotopic (exact) mass is 321 g/mol. The highest BCUT2D eigenvalue weighted by Crippen LogP contribution is 2.27. The van der Waals surface area contributed by atoms with Crippen LogP contribution in [0.3, 0.4) is 0 Å². The molecule has 0 aliphatic rings. The number of hydrogen-bond donors (Lipinski definition) is 2. The molecule has 1 heterocycles. The molecule has 0 atom stereocenters. The Morgan fingerprint density at radius 3 is 2.73 bits per heavy atom. The molecule has 10 heteroatoms. The summed E-state index contributed by atoms with van der Waals surface area (Å²) in [5.74, 6) is 0. The van der Waals surface area contributed by atoms with Crippen LogP contribution in [0.2, 0.25) is 0 Å². The van der Waals surface area contributed by atoms with E-state index >= 15 is 0 Å². The lowest BCUT2D eigenvalue weighted by atomic mass is 10.3. The highest BCUT2D eigenvalue weighted by Gasteiger charge is 2.18. The van der Waals surface area contributed by atoms with Gasteiger partial charge in [-0.25, -0.2) is 13.6 Å². The fraction of sp³-hybridized carbons (Fsp3) is 0. The number of nitrogens with one attached hydrogen (secondary N) is 1. The second kappa shape index (κ2) is 6.28. The molecule has 0 spiro atoms. The lowest BCUT2D eigenvalue weighted by molar-refractivity contribution is -0.384. The van der Waals surface area contributed by atoms with Crippen LogP contribution in [0, 0.1) is 10.1 Å². The minimum atomic E-state index is -4.02. The standard InChI is InChI=1S/C12H11N5O4S/c13-22(20,21)10-3-4-11(12(6-10)17(18)19)16-15-8-9-2-1-5-14-7-9/h1-8,16H,(H2,13,20,21)/b15-8+. The van der Waals surface area contributed by atoms with Gasteiger partial charge in [0, 0.05) is 24.0 Å². The fourth-order valence-electron chi connectivity index (χ4n) is 1.56. The van der Waals surface area contributed by atoms with Gasteiger partial charge in [-0.15, -0.1) is 0 Å². The zero-order valence-electron chi connectivity index (χ0n) is 11.1. The minimum Gasteiger partial charge on any atom is -0.272 e. The van der Waals surface area contributed by atoms with Gasteiger partial charge >= 0.3 is 0 Å². The lowest BCUT2D eigenvalue weighted by Crippen LogP contribution is -2.12. The van der Waals surface area contributed by atoms with E-state index in [4.69, 9.17) is 5.14 Å². The van der Waals surface area contributed by atoms with Crippen molar-refractivity contribution in [2.45, 2.75) is 4.90 Å². The van der Waals surface area contributed by atoms with Crippen molar-refractivity contribution in [1.82, 2.24) is 4.98 Å². The van der Waals surface area contributed by atoms with E-state index in [9.17, 15) is 18.5 Å². The molecule has 0 amide bonds. The average molecular weight is 321 g/mol. The average Bonchev–Trinajstić information content (AvgIpc) is 2.47. The largest absolute Gasteiger partial charge is 0.295 e. The molecule has 0 saturated carbocycles. The van der Waals surface area contributed by atoms with Gasteiger partial charge in [-0.2, -0.15) is 5.10 Å². The number of hydrogen-bond acceptors (Lipinski definition) is 7. The summed E-state index contributed by atoms with van der Waals surface area (Å²) in [6, 6.07) is 6.71. The molecule has 0 radical (unpaired) electrons. The molecule has 2 rings (SSSR count). The number of benzene rings is 1. The van der Waals surface area contributed by atoms with Crippen LogP contribution in [-0.4, -0.2) is 24.5 Å². The molecule has 1 aromatic heterocycles. The van der Waals surface area contributed by atoms with E-state index in [2.05, 4.69) is 15.5 Å². The molecule has 0 aliphatic heterocycles. The van der Waals surface area contributed by atoms with Crippen LogP contribution in [0.15, 0.2) is 52.7 Å². The van der Waals surface area contributed by atoms with Crippen LogP contribution in [0.1, 0.15) is 5.56 Å². The third-order valence-electron chi connectivity index (χ3n) is 2.58. The first kappa shape index (κ1) is 15.5. The van der Waals surface area contributed by atoms with Gasteiger partial charge in [0.05, 0.1) is 16.0 Å². The van der Waals surface area contributed by atoms with Crippen molar-refractivity contribution in [3.63, 3.8) is 0 Å². The third-order valence-corrected chi connectivity index (χ3v) is 3.49. The van der Waals surface area contributed by atoms with E-state index in [1.54, 1.807) is 24.5 Å². The van der Waals surface area contributed by atoms with Crippen molar-refractivity contribution >= 4 is 27.6 Å². The first-order valence-electron chi connectivity index (χ1n) is 5.88. The van der Waals surface area contributed by atoms with Crippen LogP contribution in [0.5, 0.6) is 0 Å². The van der Waals surface area contributed by atoms with Crippen molar-refractivity contribution < 1.29 is 13.3 Å². The topological polar surface area (TPSA) is 141 Å². The molecule has 2 aromatic rings. The highest BCUT2D eigenvalue weighted by molar-refractivity contribution is 7.89. The third kappa shape index (κ3) is 3.84. The van der Waals surface area contributed by atoms with E-state index in [-0.39, 0.29) is 10.6 Å². The molecule has 3 N–H and O–H groups in total. The normalized spacial score (nSPS) is 11.5. The summed E-state index contributed by atoms with van der Waals surface area (Å²) >= 11 is 0. The Morgan fingerprint density at radius 1 is 1.36 bits per heavy atom. The zero-order chi connectivity index (χ0) is 16.2. The Labute approximate surface area is 125 Å². The van der Waals surface area contributed by atoms with Crippen LogP contribution in [-0.2, 0) is 10.0 Å². The SMILES string of the molecule is NS(=O)(=O)c1ccc(N/N=C/c2cccnc2)c([N+](=O)[O-])c1. The molecule has 0 bridgehead atoms. The van der Waals surface area contributed by atoms with Crippen LogP contribution in [0.4, 0.5) is 11.4 Å². The maximum Gasteiger partial charge on any atom is 0.295 e. The Balaban J connectivity index is 2.28. The van der Waals surface area contributed by atoms with Gasteiger partial charge in [-0.3, -0.25) is 20.5 Å². The Bertz CT molecular complexity index is 821. The maximum absolute atomic E-state index is 11.2. The molecular weight excluding hydrogens is 310 g/mol. The van der Waals surface area contributed by atoms with Gasteiger partial charge in [-0.1, -0.05) is 6.07 Å². The number of rotatable bonds is 5. The van der Waals surface area contributed by atoms with E-state index in [0.29, 0.717) is 5.56 Å². The predicted octanol–water partition coefficient (Wildman–Crippen LogP) is 1.08. The van der Waals surface area contributed by atoms with Gasteiger partial charge in [0.1, 0.15) is 5.69 Å². The summed E-state index contributed by atoms with van der Waals surface area (Å²) in [6.07, 6.45) is 4.58. The summed E-state index contributed by atoms with van der Waals surface area (Å²) in [4.78, 5) is 13.8. The number of nitro groups is 1. The van der Waals surface area contributed by atoms with Crippen LogP contribution < -0.4 is 10.6 Å². The molecule has 0 fully saturated rings. The number of pyridine rings is 1. The molecule has 0 unspecified atom stereocenters. The molecule has 1 aromatic carbocycles. The highest BCUT2D eigenvalue weighted by atomic mass is 32.2. The summed E-state index contributed by atoms with van der Waals surface area (Å²) in [5, 5.41) is 19.8. The zero-order valence-corrected chi connectivity index (χ0v) is 11.9. The van der Waals surface area contributed by atoms with E-state index in [1.807, 2.05) is 0 Å². The molecule has 114 valence electrons.